The average molecular weight is 459 g/mol. The van der Waals surface area contributed by atoms with Gasteiger partial charge in [0.15, 0.2) is 5.78 Å². The molecule has 1 aliphatic heterocycles. The molecule has 34 heavy (non-hydrogen) atoms. The number of carbonyl (C=O) groups excluding carboxylic acids is 1. The van der Waals surface area contributed by atoms with Crippen LogP contribution in [-0.4, -0.2) is 37.2 Å². The highest BCUT2D eigenvalue weighted by Gasteiger charge is 2.24. The highest BCUT2D eigenvalue weighted by molar-refractivity contribution is 6.14. The summed E-state index contributed by atoms with van der Waals surface area (Å²) >= 11 is 0. The van der Waals surface area contributed by atoms with Crippen LogP contribution >= 0.6 is 0 Å². The van der Waals surface area contributed by atoms with Gasteiger partial charge < -0.3 is 19.3 Å². The lowest BCUT2D eigenvalue weighted by atomic mass is 9.98. The number of carbonyl (C=O) groups is 2. The Morgan fingerprint density at radius 2 is 1.79 bits per heavy atom. The van der Waals surface area contributed by atoms with E-state index in [4.69, 9.17) is 14.2 Å². The predicted octanol–water partition coefficient (Wildman–Crippen LogP) is 5.07. The molecule has 1 heterocycles. The molecule has 4 rings (SSSR count). The summed E-state index contributed by atoms with van der Waals surface area (Å²) in [5.74, 6) is 0.0171. The Hall–Kier alpha value is -4.06. The Morgan fingerprint density at radius 3 is 2.50 bits per heavy atom. The van der Waals surface area contributed by atoms with E-state index in [9.17, 15) is 14.7 Å². The van der Waals surface area contributed by atoms with Gasteiger partial charge in [-0.2, -0.15) is 0 Å². The van der Waals surface area contributed by atoms with Crippen LogP contribution in [0.2, 0.25) is 0 Å². The number of aryl methyl sites for hydroxylation is 1. The summed E-state index contributed by atoms with van der Waals surface area (Å²) in [5.41, 5.74) is 2.98. The van der Waals surface area contributed by atoms with Crippen LogP contribution in [0.1, 0.15) is 27.9 Å². The lowest BCUT2D eigenvalue weighted by molar-refractivity contribution is -0.143. The van der Waals surface area contributed by atoms with Crippen LogP contribution in [0, 0.1) is 5.92 Å². The molecule has 0 saturated heterocycles. The van der Waals surface area contributed by atoms with E-state index < -0.39 is 11.9 Å². The van der Waals surface area contributed by atoms with Crippen molar-refractivity contribution >= 4 is 17.8 Å². The molecule has 0 aliphatic carbocycles. The van der Waals surface area contributed by atoms with E-state index in [1.165, 1.54) is 0 Å². The first kappa shape index (κ1) is 23.1. The number of rotatable bonds is 9. The number of ether oxygens (including phenoxy) is 3. The zero-order valence-electron chi connectivity index (χ0n) is 18.9. The fourth-order valence-corrected chi connectivity index (χ4v) is 3.76. The maximum Gasteiger partial charge on any atom is 0.309 e. The molecule has 1 aliphatic rings. The summed E-state index contributed by atoms with van der Waals surface area (Å²) in [6.07, 6.45) is 2.93. The number of carboxylic acids is 1. The molecule has 0 aromatic heterocycles. The number of methoxy groups -OCH3 is 1. The van der Waals surface area contributed by atoms with Crippen molar-refractivity contribution in [3.05, 3.63) is 95.1 Å². The van der Waals surface area contributed by atoms with E-state index in [1.54, 1.807) is 31.4 Å². The van der Waals surface area contributed by atoms with Gasteiger partial charge in [-0.15, -0.1) is 0 Å². The molecule has 3 aromatic rings. The second-order valence-corrected chi connectivity index (χ2v) is 8.09. The number of benzene rings is 3. The minimum atomic E-state index is -0.895. The first-order chi connectivity index (χ1) is 16.5. The van der Waals surface area contributed by atoms with Crippen LogP contribution in [0.3, 0.4) is 0 Å². The largest absolute Gasteiger partial charge is 0.497 e. The van der Waals surface area contributed by atoms with Crippen LogP contribution in [0.5, 0.6) is 17.2 Å². The molecule has 1 atom stereocenters. The SMILES string of the molecule is COc1ccc(/C=C2\COc3cc(OCC(CCc4ccccc4)C(=O)O)ccc3C2=O)cc1. The average Bonchev–Trinajstić information content (AvgIpc) is 2.86. The zero-order valence-corrected chi connectivity index (χ0v) is 18.9. The quantitative estimate of drug-likeness (QED) is 0.451. The topological polar surface area (TPSA) is 82.1 Å². The number of hydrogen-bond acceptors (Lipinski definition) is 5. The molecule has 0 fully saturated rings. The third-order valence-electron chi connectivity index (χ3n) is 5.75. The first-order valence-corrected chi connectivity index (χ1v) is 11.1. The molecule has 1 N–H and O–H groups in total. The lowest BCUT2D eigenvalue weighted by Crippen LogP contribution is -2.22. The van der Waals surface area contributed by atoms with Crippen molar-refractivity contribution in [3.63, 3.8) is 0 Å². The highest BCUT2D eigenvalue weighted by atomic mass is 16.5. The van der Waals surface area contributed by atoms with Crippen LogP contribution in [-0.2, 0) is 11.2 Å². The Kier molecular flexibility index (Phi) is 7.28. The van der Waals surface area contributed by atoms with E-state index in [0.29, 0.717) is 35.5 Å². The van der Waals surface area contributed by atoms with E-state index in [1.807, 2.05) is 54.6 Å². The van der Waals surface area contributed by atoms with Gasteiger partial charge in [-0.25, -0.2) is 0 Å². The summed E-state index contributed by atoms with van der Waals surface area (Å²) in [7, 11) is 1.60. The van der Waals surface area contributed by atoms with Crippen LogP contribution in [0.15, 0.2) is 78.4 Å². The van der Waals surface area contributed by atoms with Gasteiger partial charge >= 0.3 is 5.97 Å². The summed E-state index contributed by atoms with van der Waals surface area (Å²) in [5, 5.41) is 9.57. The van der Waals surface area contributed by atoms with E-state index in [-0.39, 0.29) is 19.0 Å². The lowest BCUT2D eigenvalue weighted by Gasteiger charge is -2.20. The monoisotopic (exact) mass is 458 g/mol. The Labute approximate surface area is 198 Å². The second-order valence-electron chi connectivity index (χ2n) is 8.09. The minimum Gasteiger partial charge on any atom is -0.497 e. The molecule has 3 aromatic carbocycles. The van der Waals surface area contributed by atoms with E-state index >= 15 is 0 Å². The summed E-state index contributed by atoms with van der Waals surface area (Å²) < 4.78 is 16.7. The fourth-order valence-electron chi connectivity index (χ4n) is 3.76. The van der Waals surface area contributed by atoms with Crippen molar-refractivity contribution in [1.29, 1.82) is 0 Å². The number of fused-ring (bicyclic) bond motifs is 1. The van der Waals surface area contributed by atoms with E-state index in [0.717, 1.165) is 16.9 Å². The highest BCUT2D eigenvalue weighted by Crippen LogP contribution is 2.32. The van der Waals surface area contributed by atoms with Gasteiger partial charge in [0.25, 0.3) is 0 Å². The Bertz CT molecular complexity index is 1180. The van der Waals surface area contributed by atoms with Gasteiger partial charge in [-0.1, -0.05) is 42.5 Å². The number of carboxylic acid groups (broad SMARTS) is 1. The Morgan fingerprint density at radius 1 is 1.06 bits per heavy atom. The van der Waals surface area contributed by atoms with Crippen molar-refractivity contribution in [1.82, 2.24) is 0 Å². The first-order valence-electron chi connectivity index (χ1n) is 11.1. The third kappa shape index (κ3) is 5.64. The minimum absolute atomic E-state index is 0.0392. The second kappa shape index (κ2) is 10.7. The molecular weight excluding hydrogens is 432 g/mol. The molecule has 6 nitrogen and oxygen atoms in total. The molecule has 1 unspecified atom stereocenters. The summed E-state index contributed by atoms with van der Waals surface area (Å²) in [6.45, 7) is 0.188. The Balaban J connectivity index is 1.40. The molecule has 0 amide bonds. The van der Waals surface area contributed by atoms with Gasteiger partial charge in [-0.05, 0) is 54.3 Å². The van der Waals surface area contributed by atoms with Gasteiger partial charge in [0.1, 0.15) is 30.5 Å². The van der Waals surface area contributed by atoms with Crippen molar-refractivity contribution in [2.75, 3.05) is 20.3 Å². The van der Waals surface area contributed by atoms with E-state index in [2.05, 4.69) is 0 Å². The standard InChI is InChI=1S/C28H26O6/c1-32-23-11-8-20(9-12-23)15-22-18-34-26-16-24(13-14-25(26)27(22)29)33-17-21(28(30)31)10-7-19-5-3-2-4-6-19/h2-6,8-9,11-16,21H,7,10,17-18H2,1H3,(H,30,31)/b22-15+. The molecule has 0 radical (unpaired) electrons. The van der Waals surface area contributed by atoms with Crippen LogP contribution < -0.4 is 14.2 Å². The van der Waals surface area contributed by atoms with Gasteiger partial charge in [0.05, 0.1) is 18.6 Å². The number of Topliss-reactive ketones (excluding diaryl/α,β-unsaturated/α-hetero) is 1. The molecular formula is C28H26O6. The molecule has 0 spiro atoms. The normalized spacial score (nSPS) is 14.7. The fraction of sp³-hybridized carbons (Fsp3) is 0.214. The molecule has 6 heteroatoms. The van der Waals surface area contributed by atoms with Crippen molar-refractivity contribution < 1.29 is 28.9 Å². The number of ketones is 1. The predicted molar refractivity (Wildman–Crippen MR) is 129 cm³/mol. The van der Waals surface area contributed by atoms with Gasteiger partial charge in [0, 0.05) is 11.6 Å². The maximum absolute atomic E-state index is 12.9. The number of hydrogen-bond donors (Lipinski definition) is 1. The smallest absolute Gasteiger partial charge is 0.309 e. The molecule has 0 bridgehead atoms. The van der Waals surface area contributed by atoms with Gasteiger partial charge in [-0.3, -0.25) is 9.59 Å². The van der Waals surface area contributed by atoms with Crippen molar-refractivity contribution in [2.24, 2.45) is 5.92 Å². The van der Waals surface area contributed by atoms with Crippen LogP contribution in [0.25, 0.3) is 6.08 Å². The van der Waals surface area contributed by atoms with Crippen molar-refractivity contribution in [2.45, 2.75) is 12.8 Å². The molecule has 0 saturated carbocycles. The van der Waals surface area contributed by atoms with Crippen molar-refractivity contribution in [3.8, 4) is 17.2 Å². The summed E-state index contributed by atoms with van der Waals surface area (Å²) in [6, 6.07) is 22.2. The number of aliphatic carboxylic acids is 1. The third-order valence-corrected chi connectivity index (χ3v) is 5.75. The molecule has 174 valence electrons. The van der Waals surface area contributed by atoms with Gasteiger partial charge in [0.2, 0.25) is 0 Å². The maximum atomic E-state index is 12.9. The van der Waals surface area contributed by atoms with Crippen LogP contribution in [0.4, 0.5) is 0 Å². The zero-order chi connectivity index (χ0) is 23.9. The summed E-state index contributed by atoms with van der Waals surface area (Å²) in [4.78, 5) is 24.6.